The molecule has 0 radical (unpaired) electrons. The van der Waals surface area contributed by atoms with Crippen LogP contribution in [-0.2, 0) is 4.74 Å². The lowest BCUT2D eigenvalue weighted by Gasteiger charge is -2.11. The maximum absolute atomic E-state index is 13.1. The fourth-order valence-corrected chi connectivity index (χ4v) is 2.22. The lowest BCUT2D eigenvalue weighted by atomic mass is 10.0. The number of hydrogen-bond donors (Lipinski definition) is 1. The van der Waals surface area contributed by atoms with Crippen LogP contribution in [0.2, 0.25) is 0 Å². The summed E-state index contributed by atoms with van der Waals surface area (Å²) in [5.41, 5.74) is 3.27. The molecule has 130 valence electrons. The van der Waals surface area contributed by atoms with E-state index in [-0.39, 0.29) is 11.6 Å². The van der Waals surface area contributed by atoms with E-state index in [4.69, 9.17) is 4.74 Å². The quantitative estimate of drug-likeness (QED) is 0.720. The molecule has 0 saturated carbocycles. The van der Waals surface area contributed by atoms with E-state index in [1.54, 1.807) is 0 Å². The van der Waals surface area contributed by atoms with Crippen LogP contribution in [0, 0.1) is 13.8 Å². The van der Waals surface area contributed by atoms with Gasteiger partial charge >= 0.3 is 0 Å². The Morgan fingerprint density at radius 3 is 2.58 bits per heavy atom. The van der Waals surface area contributed by atoms with Crippen molar-refractivity contribution in [2.45, 2.75) is 33.6 Å². The number of nitrogens with zero attached hydrogens (tertiary/aromatic N) is 2. The van der Waals surface area contributed by atoms with Gasteiger partial charge in [-0.15, -0.1) is 0 Å². The molecule has 2 aromatic rings. The van der Waals surface area contributed by atoms with Crippen LogP contribution >= 0.6 is 0 Å². The van der Waals surface area contributed by atoms with E-state index in [9.17, 15) is 8.78 Å². The first kappa shape index (κ1) is 18.3. The molecule has 2 rings (SSSR count). The van der Waals surface area contributed by atoms with Gasteiger partial charge in [0.15, 0.2) is 0 Å². The third-order valence-corrected chi connectivity index (χ3v) is 3.72. The number of aryl methyl sites for hydroxylation is 2. The molecule has 0 unspecified atom stereocenters. The van der Waals surface area contributed by atoms with E-state index in [0.717, 1.165) is 23.1 Å². The van der Waals surface area contributed by atoms with Crippen molar-refractivity contribution in [3.8, 4) is 11.3 Å². The van der Waals surface area contributed by atoms with Crippen molar-refractivity contribution in [2.75, 3.05) is 25.1 Å². The maximum atomic E-state index is 13.1. The van der Waals surface area contributed by atoms with E-state index in [0.29, 0.717) is 25.5 Å². The Morgan fingerprint density at radius 1 is 1.12 bits per heavy atom. The number of alkyl halides is 2. The summed E-state index contributed by atoms with van der Waals surface area (Å²) in [6.07, 6.45) is -1.88. The predicted octanol–water partition coefficient (Wildman–Crippen LogP) is 4.54. The number of aromatic nitrogens is 2. The number of anilines is 1. The van der Waals surface area contributed by atoms with Crippen LogP contribution in [0.5, 0.6) is 0 Å². The normalized spacial score (nSPS) is 11.1. The molecule has 24 heavy (non-hydrogen) atoms. The van der Waals surface area contributed by atoms with Gasteiger partial charge in [0.25, 0.3) is 6.43 Å². The van der Waals surface area contributed by atoms with Crippen molar-refractivity contribution in [1.29, 1.82) is 0 Å². The molecule has 0 amide bonds. The number of benzene rings is 1. The first-order chi connectivity index (χ1) is 11.5. The van der Waals surface area contributed by atoms with Crippen LogP contribution < -0.4 is 5.32 Å². The van der Waals surface area contributed by atoms with E-state index < -0.39 is 6.43 Å². The monoisotopic (exact) mass is 335 g/mol. The summed E-state index contributed by atoms with van der Waals surface area (Å²) >= 11 is 0. The predicted molar refractivity (Wildman–Crippen MR) is 91.5 cm³/mol. The molecule has 6 heteroatoms. The number of ether oxygens (including phenoxy) is 1. The fourth-order valence-electron chi connectivity index (χ4n) is 2.22. The van der Waals surface area contributed by atoms with Crippen LogP contribution in [0.25, 0.3) is 11.3 Å². The highest BCUT2D eigenvalue weighted by molar-refractivity contribution is 5.62. The fraction of sp³-hybridized carbons (Fsp3) is 0.444. The summed E-state index contributed by atoms with van der Waals surface area (Å²) in [5.74, 6) is 0.220. The lowest BCUT2D eigenvalue weighted by Crippen LogP contribution is -2.10. The molecule has 1 N–H and O–H groups in total. The molecule has 0 aliphatic carbocycles. The Bertz CT molecular complexity index is 677. The Labute approximate surface area is 141 Å². The average molecular weight is 335 g/mol. The Hall–Kier alpha value is -2.08. The number of hydrogen-bond acceptors (Lipinski definition) is 4. The van der Waals surface area contributed by atoms with Crippen LogP contribution in [0.3, 0.4) is 0 Å². The first-order valence-electron chi connectivity index (χ1n) is 8.07. The molecule has 0 saturated heterocycles. The third kappa shape index (κ3) is 4.96. The summed E-state index contributed by atoms with van der Waals surface area (Å²) in [6, 6.07) is 7.15. The molecular weight excluding hydrogens is 312 g/mol. The SMILES string of the molecule is CCOCCCNc1nc(-c2ccc(C)c(C)c2)cc(C(F)F)n1. The Morgan fingerprint density at radius 2 is 1.92 bits per heavy atom. The minimum atomic E-state index is -2.64. The van der Waals surface area contributed by atoms with E-state index >= 15 is 0 Å². The third-order valence-electron chi connectivity index (χ3n) is 3.72. The zero-order valence-electron chi connectivity index (χ0n) is 14.3. The molecule has 1 aromatic heterocycles. The van der Waals surface area contributed by atoms with Gasteiger partial charge in [-0.2, -0.15) is 0 Å². The van der Waals surface area contributed by atoms with E-state index in [1.807, 2.05) is 39.0 Å². The molecular formula is C18H23F2N3O. The van der Waals surface area contributed by atoms with Gasteiger partial charge in [0.1, 0.15) is 5.69 Å². The molecule has 0 spiro atoms. The van der Waals surface area contributed by atoms with Crippen molar-refractivity contribution >= 4 is 5.95 Å². The topological polar surface area (TPSA) is 47.0 Å². The zero-order valence-corrected chi connectivity index (χ0v) is 14.3. The van der Waals surface area contributed by atoms with Gasteiger partial charge in [0, 0.05) is 25.3 Å². The number of rotatable bonds is 8. The molecule has 1 aromatic carbocycles. The summed E-state index contributed by atoms with van der Waals surface area (Å²) in [4.78, 5) is 8.28. The van der Waals surface area contributed by atoms with Gasteiger partial charge in [-0.25, -0.2) is 18.7 Å². The van der Waals surface area contributed by atoms with Crippen LogP contribution in [-0.4, -0.2) is 29.7 Å². The molecule has 0 atom stereocenters. The van der Waals surface area contributed by atoms with Crippen molar-refractivity contribution in [3.05, 3.63) is 41.1 Å². The van der Waals surface area contributed by atoms with Gasteiger partial charge in [-0.1, -0.05) is 12.1 Å². The van der Waals surface area contributed by atoms with Gasteiger partial charge in [0.05, 0.1) is 5.69 Å². The first-order valence-corrected chi connectivity index (χ1v) is 8.07. The maximum Gasteiger partial charge on any atom is 0.280 e. The molecule has 1 heterocycles. The summed E-state index contributed by atoms with van der Waals surface area (Å²) in [5, 5.41) is 3.00. The highest BCUT2D eigenvalue weighted by Gasteiger charge is 2.14. The van der Waals surface area contributed by atoms with Crippen molar-refractivity contribution < 1.29 is 13.5 Å². The van der Waals surface area contributed by atoms with Crippen molar-refractivity contribution in [3.63, 3.8) is 0 Å². The van der Waals surface area contributed by atoms with Gasteiger partial charge < -0.3 is 10.1 Å². The van der Waals surface area contributed by atoms with Crippen molar-refractivity contribution in [2.24, 2.45) is 0 Å². The summed E-state index contributed by atoms with van der Waals surface area (Å²) in [7, 11) is 0. The molecule has 0 aliphatic heterocycles. The highest BCUT2D eigenvalue weighted by atomic mass is 19.3. The Kier molecular flexibility index (Phi) is 6.61. The van der Waals surface area contributed by atoms with Gasteiger partial charge in [-0.3, -0.25) is 0 Å². The summed E-state index contributed by atoms with van der Waals surface area (Å²) < 4.78 is 31.5. The van der Waals surface area contributed by atoms with Crippen LogP contribution in [0.4, 0.5) is 14.7 Å². The molecule has 0 fully saturated rings. The molecule has 0 aliphatic rings. The van der Waals surface area contributed by atoms with E-state index in [2.05, 4.69) is 15.3 Å². The average Bonchev–Trinajstić information content (AvgIpc) is 2.57. The highest BCUT2D eigenvalue weighted by Crippen LogP contribution is 2.26. The standard InChI is InChI=1S/C18H23F2N3O/c1-4-24-9-5-8-21-18-22-15(11-16(23-18)17(19)20)14-7-6-12(2)13(3)10-14/h6-7,10-11,17H,4-5,8-9H2,1-3H3,(H,21,22,23). The van der Waals surface area contributed by atoms with Gasteiger partial charge in [-0.05, 0) is 50.5 Å². The second-order valence-electron chi connectivity index (χ2n) is 5.58. The molecule has 4 nitrogen and oxygen atoms in total. The lowest BCUT2D eigenvalue weighted by molar-refractivity contribution is 0.145. The minimum Gasteiger partial charge on any atom is -0.382 e. The Balaban J connectivity index is 2.22. The van der Waals surface area contributed by atoms with Crippen LogP contribution in [0.1, 0.15) is 36.6 Å². The number of nitrogens with one attached hydrogen (secondary N) is 1. The minimum absolute atomic E-state index is 0.220. The molecule has 0 bridgehead atoms. The zero-order chi connectivity index (χ0) is 17.5. The van der Waals surface area contributed by atoms with E-state index in [1.165, 1.54) is 6.07 Å². The van der Waals surface area contributed by atoms with Crippen molar-refractivity contribution in [1.82, 2.24) is 9.97 Å². The largest absolute Gasteiger partial charge is 0.382 e. The smallest absolute Gasteiger partial charge is 0.280 e. The van der Waals surface area contributed by atoms with Gasteiger partial charge in [0.2, 0.25) is 5.95 Å². The van der Waals surface area contributed by atoms with Crippen LogP contribution in [0.15, 0.2) is 24.3 Å². The second-order valence-corrected chi connectivity index (χ2v) is 5.58. The number of halogens is 2. The summed E-state index contributed by atoms with van der Waals surface area (Å²) in [6.45, 7) is 7.77. The second kappa shape index (κ2) is 8.68.